The van der Waals surface area contributed by atoms with Crippen molar-refractivity contribution in [2.75, 3.05) is 23.3 Å². The van der Waals surface area contributed by atoms with Gasteiger partial charge in [-0.05, 0) is 36.2 Å². The Morgan fingerprint density at radius 1 is 1.23 bits per heavy atom. The first kappa shape index (κ1) is 19.8. The molecule has 0 saturated carbocycles. The molecule has 0 unspecified atom stereocenters. The highest BCUT2D eigenvalue weighted by molar-refractivity contribution is 6.02. The first-order valence-electron chi connectivity index (χ1n) is 9.53. The van der Waals surface area contributed by atoms with Gasteiger partial charge in [0.05, 0.1) is 32.1 Å². The van der Waals surface area contributed by atoms with Crippen LogP contribution in [-0.2, 0) is 6.61 Å². The van der Waals surface area contributed by atoms with E-state index in [1.54, 1.807) is 36.5 Å². The number of nitrogens with one attached hydrogen (secondary N) is 1. The average Bonchev–Trinajstić information content (AvgIpc) is 2.73. The molecule has 154 valence electrons. The molecule has 0 atom stereocenters. The van der Waals surface area contributed by atoms with Crippen LogP contribution in [0.5, 0.6) is 5.75 Å². The fourth-order valence-corrected chi connectivity index (χ4v) is 3.12. The van der Waals surface area contributed by atoms with E-state index in [-0.39, 0.29) is 30.1 Å². The van der Waals surface area contributed by atoms with E-state index in [4.69, 9.17) is 4.74 Å². The lowest BCUT2D eigenvalue weighted by atomic mass is 10.1. The van der Waals surface area contributed by atoms with Gasteiger partial charge in [-0.15, -0.1) is 0 Å². The molecule has 1 amide bonds. The Morgan fingerprint density at radius 2 is 2.07 bits per heavy atom. The summed E-state index contributed by atoms with van der Waals surface area (Å²) in [4.78, 5) is 22.8. The molecule has 1 fully saturated rings. The highest BCUT2D eigenvalue weighted by atomic mass is 19.1. The summed E-state index contributed by atoms with van der Waals surface area (Å²) in [5, 5.41) is 11.9. The lowest BCUT2D eigenvalue weighted by Gasteiger charge is -2.39. The summed E-state index contributed by atoms with van der Waals surface area (Å²) in [5.74, 6) is 0.484. The predicted octanol–water partition coefficient (Wildman–Crippen LogP) is 2.94. The van der Waals surface area contributed by atoms with E-state index in [0.29, 0.717) is 35.9 Å². The molecular formula is C22H21FN4O3. The molecule has 30 heavy (non-hydrogen) atoms. The minimum atomic E-state index is -0.379. The van der Waals surface area contributed by atoms with Gasteiger partial charge in [-0.25, -0.2) is 14.4 Å². The maximum Gasteiger partial charge on any atom is 0.275 e. The van der Waals surface area contributed by atoms with Gasteiger partial charge in [-0.1, -0.05) is 18.2 Å². The smallest absolute Gasteiger partial charge is 0.275 e. The van der Waals surface area contributed by atoms with E-state index in [1.807, 2.05) is 11.8 Å². The number of nitrogens with zero attached hydrogens (tertiary/aromatic N) is 3. The Balaban J connectivity index is 1.33. The van der Waals surface area contributed by atoms with Crippen molar-refractivity contribution in [2.24, 2.45) is 0 Å². The van der Waals surface area contributed by atoms with Crippen LogP contribution in [0.15, 0.2) is 54.9 Å². The van der Waals surface area contributed by atoms with Gasteiger partial charge in [0.2, 0.25) is 0 Å². The second-order valence-corrected chi connectivity index (χ2v) is 7.13. The number of amides is 1. The van der Waals surface area contributed by atoms with E-state index in [9.17, 15) is 14.3 Å². The first-order valence-corrected chi connectivity index (χ1v) is 9.53. The predicted molar refractivity (Wildman–Crippen MR) is 110 cm³/mol. The molecule has 1 saturated heterocycles. The molecule has 0 bridgehead atoms. The number of aromatic nitrogens is 2. The normalized spacial score (nSPS) is 13.6. The number of rotatable bonds is 6. The summed E-state index contributed by atoms with van der Waals surface area (Å²) in [6.45, 7) is 2.98. The van der Waals surface area contributed by atoms with Crippen LogP contribution in [0.25, 0.3) is 0 Å². The van der Waals surface area contributed by atoms with Crippen molar-refractivity contribution in [1.82, 2.24) is 9.97 Å². The monoisotopic (exact) mass is 408 g/mol. The lowest BCUT2D eigenvalue weighted by Crippen LogP contribution is -2.54. The number of halogens is 1. The number of benzene rings is 2. The largest absolute Gasteiger partial charge is 0.486 e. The van der Waals surface area contributed by atoms with Crippen molar-refractivity contribution in [1.29, 1.82) is 0 Å². The molecule has 1 aliphatic rings. The number of anilines is 2. The van der Waals surface area contributed by atoms with Crippen molar-refractivity contribution in [3.05, 3.63) is 77.5 Å². The van der Waals surface area contributed by atoms with Gasteiger partial charge in [0.1, 0.15) is 29.2 Å². The fourth-order valence-electron chi connectivity index (χ4n) is 3.12. The third kappa shape index (κ3) is 4.38. The number of carbonyl (C=O) groups is 1. The Kier molecular flexibility index (Phi) is 5.58. The Labute approximate surface area is 173 Å². The van der Waals surface area contributed by atoms with Gasteiger partial charge in [0, 0.05) is 11.8 Å². The number of aliphatic hydroxyl groups excluding tert-OH is 1. The number of carbonyl (C=O) groups excluding carboxylic acids is 1. The van der Waals surface area contributed by atoms with Gasteiger partial charge < -0.3 is 20.1 Å². The maximum absolute atomic E-state index is 13.4. The molecule has 4 rings (SSSR count). The van der Waals surface area contributed by atoms with Gasteiger partial charge >= 0.3 is 0 Å². The molecule has 2 N–H and O–H groups in total. The lowest BCUT2D eigenvalue weighted by molar-refractivity contribution is 0.102. The molecule has 0 aliphatic carbocycles. The first-order chi connectivity index (χ1) is 14.5. The third-order valence-electron chi connectivity index (χ3n) is 4.85. The van der Waals surface area contributed by atoms with Crippen LogP contribution < -0.4 is 15.0 Å². The maximum atomic E-state index is 13.4. The van der Waals surface area contributed by atoms with E-state index in [2.05, 4.69) is 15.3 Å². The summed E-state index contributed by atoms with van der Waals surface area (Å²) in [5.41, 5.74) is 2.36. The van der Waals surface area contributed by atoms with Crippen LogP contribution in [-0.4, -0.2) is 40.2 Å². The zero-order valence-corrected chi connectivity index (χ0v) is 16.4. The van der Waals surface area contributed by atoms with Crippen molar-refractivity contribution < 1.29 is 19.0 Å². The van der Waals surface area contributed by atoms with Crippen LogP contribution >= 0.6 is 0 Å². The number of hydrogen-bond acceptors (Lipinski definition) is 6. The summed E-state index contributed by atoms with van der Waals surface area (Å²) in [6, 6.07) is 11.4. The van der Waals surface area contributed by atoms with Gasteiger partial charge in [0.25, 0.3) is 5.91 Å². The van der Waals surface area contributed by atoms with Gasteiger partial charge in [-0.2, -0.15) is 0 Å². The summed E-state index contributed by atoms with van der Waals surface area (Å²) in [6.07, 6.45) is 2.91. The molecule has 2 aromatic carbocycles. The molecule has 1 aromatic heterocycles. The van der Waals surface area contributed by atoms with Crippen LogP contribution in [0.1, 0.15) is 21.6 Å². The Morgan fingerprint density at radius 3 is 2.80 bits per heavy atom. The molecular weight excluding hydrogens is 387 g/mol. The van der Waals surface area contributed by atoms with Crippen molar-refractivity contribution in [3.63, 3.8) is 0 Å². The molecule has 1 aliphatic heterocycles. The van der Waals surface area contributed by atoms with E-state index in [0.717, 1.165) is 5.56 Å². The number of aryl methyl sites for hydroxylation is 1. The average molecular weight is 408 g/mol. The fraction of sp³-hybridized carbons (Fsp3) is 0.227. The highest BCUT2D eigenvalue weighted by Gasteiger charge is 2.30. The zero-order chi connectivity index (χ0) is 21.1. The van der Waals surface area contributed by atoms with Crippen LogP contribution in [0, 0.1) is 12.7 Å². The minimum Gasteiger partial charge on any atom is -0.486 e. The molecule has 2 heterocycles. The standard InChI is InChI=1S/C22H21FN4O3/c1-14-5-6-16(23)8-20(14)30-18-11-27(12-18)21-10-24-19(9-25-21)22(29)26-17-4-2-3-15(7-17)13-28/h2-10,18,28H,11-13H2,1H3,(H,26,29). The molecule has 0 spiro atoms. The van der Waals surface area contributed by atoms with Gasteiger partial charge in [-0.3, -0.25) is 4.79 Å². The van der Waals surface area contributed by atoms with Gasteiger partial charge in [0.15, 0.2) is 0 Å². The number of aliphatic hydroxyl groups is 1. The van der Waals surface area contributed by atoms with Crippen molar-refractivity contribution >= 4 is 17.4 Å². The summed E-state index contributed by atoms with van der Waals surface area (Å²) < 4.78 is 19.2. The number of hydrogen-bond donors (Lipinski definition) is 2. The zero-order valence-electron chi connectivity index (χ0n) is 16.4. The summed E-state index contributed by atoms with van der Waals surface area (Å²) in [7, 11) is 0. The second-order valence-electron chi connectivity index (χ2n) is 7.13. The second kappa shape index (κ2) is 8.46. The molecule has 0 radical (unpaired) electrons. The van der Waals surface area contributed by atoms with Crippen molar-refractivity contribution in [3.8, 4) is 5.75 Å². The molecule has 7 nitrogen and oxygen atoms in total. The summed E-state index contributed by atoms with van der Waals surface area (Å²) >= 11 is 0. The minimum absolute atomic E-state index is 0.0610. The number of ether oxygens (including phenoxy) is 1. The van der Waals surface area contributed by atoms with Crippen LogP contribution in [0.4, 0.5) is 15.9 Å². The highest BCUT2D eigenvalue weighted by Crippen LogP contribution is 2.25. The Bertz CT molecular complexity index is 1050. The van der Waals surface area contributed by atoms with Crippen LogP contribution in [0.2, 0.25) is 0 Å². The quantitative estimate of drug-likeness (QED) is 0.652. The Hall–Kier alpha value is -3.52. The van der Waals surface area contributed by atoms with Crippen LogP contribution in [0.3, 0.4) is 0 Å². The topological polar surface area (TPSA) is 87.6 Å². The SMILES string of the molecule is Cc1ccc(F)cc1OC1CN(c2cnc(C(=O)Nc3cccc(CO)c3)cn2)C1. The van der Waals surface area contributed by atoms with Crippen molar-refractivity contribution in [2.45, 2.75) is 19.6 Å². The van der Waals surface area contributed by atoms with E-state index < -0.39 is 0 Å². The third-order valence-corrected chi connectivity index (χ3v) is 4.85. The molecule has 3 aromatic rings. The van der Waals surface area contributed by atoms with E-state index in [1.165, 1.54) is 18.3 Å². The van der Waals surface area contributed by atoms with E-state index >= 15 is 0 Å². The molecule has 8 heteroatoms.